The summed E-state index contributed by atoms with van der Waals surface area (Å²) in [6.45, 7) is 5.23. The fourth-order valence-corrected chi connectivity index (χ4v) is 5.02. The van der Waals surface area contributed by atoms with Crippen LogP contribution in [0.15, 0.2) is 29.6 Å². The molecule has 5 nitrogen and oxygen atoms in total. The number of amides is 1. The number of ether oxygens (including phenoxy) is 1. The first kappa shape index (κ1) is 17.3. The van der Waals surface area contributed by atoms with Crippen molar-refractivity contribution in [3.8, 4) is 5.75 Å². The molecule has 0 aliphatic carbocycles. The van der Waals surface area contributed by atoms with Crippen LogP contribution in [-0.2, 0) is 11.2 Å². The first-order chi connectivity index (χ1) is 12.7. The fourth-order valence-electron chi connectivity index (χ4n) is 3.22. The van der Waals surface area contributed by atoms with Gasteiger partial charge in [-0.15, -0.1) is 11.3 Å². The fraction of sp³-hybridized carbons (Fsp3) is 0.368. The second kappa shape index (κ2) is 7.25. The van der Waals surface area contributed by atoms with E-state index < -0.39 is 0 Å². The zero-order valence-corrected chi connectivity index (χ0v) is 16.5. The summed E-state index contributed by atoms with van der Waals surface area (Å²) >= 11 is 3.35. The van der Waals surface area contributed by atoms with E-state index in [1.165, 1.54) is 10.3 Å². The van der Waals surface area contributed by atoms with Crippen molar-refractivity contribution >= 4 is 43.9 Å². The maximum atomic E-state index is 12.5. The van der Waals surface area contributed by atoms with Crippen LogP contribution in [-0.4, -0.2) is 49.1 Å². The minimum Gasteiger partial charge on any atom is -0.494 e. The van der Waals surface area contributed by atoms with Crippen molar-refractivity contribution in [3.63, 3.8) is 0 Å². The lowest BCUT2D eigenvalue weighted by molar-refractivity contribution is -0.130. The van der Waals surface area contributed by atoms with Crippen molar-refractivity contribution in [2.45, 2.75) is 13.3 Å². The normalized spacial score (nSPS) is 14.8. The maximum Gasteiger partial charge on any atom is 0.227 e. The van der Waals surface area contributed by atoms with E-state index >= 15 is 0 Å². The molecule has 3 aromatic rings. The third-order valence-electron chi connectivity index (χ3n) is 4.72. The number of hydrogen-bond donors (Lipinski definition) is 0. The predicted octanol–water partition coefficient (Wildman–Crippen LogP) is 3.57. The molecule has 1 aliphatic heterocycles. The number of rotatable bonds is 4. The van der Waals surface area contributed by atoms with Gasteiger partial charge >= 0.3 is 0 Å². The molecular formula is C19H21N3O2S2. The molecule has 2 aromatic heterocycles. The van der Waals surface area contributed by atoms with E-state index in [-0.39, 0.29) is 5.91 Å². The minimum atomic E-state index is 0.217. The van der Waals surface area contributed by atoms with Crippen LogP contribution in [0.4, 0.5) is 5.13 Å². The van der Waals surface area contributed by atoms with Gasteiger partial charge in [0, 0.05) is 31.1 Å². The molecule has 0 spiro atoms. The average molecular weight is 388 g/mol. The van der Waals surface area contributed by atoms with Crippen LogP contribution < -0.4 is 9.64 Å². The molecule has 0 atom stereocenters. The summed E-state index contributed by atoms with van der Waals surface area (Å²) < 4.78 is 6.63. The molecule has 0 saturated carbocycles. The molecule has 0 unspecified atom stereocenters. The number of methoxy groups -OCH3 is 1. The zero-order valence-electron chi connectivity index (χ0n) is 14.9. The molecule has 136 valence electrons. The van der Waals surface area contributed by atoms with E-state index in [4.69, 9.17) is 9.72 Å². The Morgan fingerprint density at radius 2 is 2.04 bits per heavy atom. The van der Waals surface area contributed by atoms with Crippen molar-refractivity contribution in [3.05, 3.63) is 40.1 Å². The van der Waals surface area contributed by atoms with E-state index in [1.807, 2.05) is 28.5 Å². The lowest BCUT2D eigenvalue weighted by atomic mass is 10.2. The molecule has 1 saturated heterocycles. The molecule has 4 rings (SSSR count). The standard InChI is InChI=1S/C19H21N3O2S2/c1-13-5-6-15(24-2)17-18(13)26-19(20-17)22-9-7-21(8-10-22)16(23)12-14-4-3-11-25-14/h3-6,11H,7-10,12H2,1-2H3. The van der Waals surface area contributed by atoms with Gasteiger partial charge < -0.3 is 14.5 Å². The Morgan fingerprint density at radius 1 is 1.23 bits per heavy atom. The van der Waals surface area contributed by atoms with Gasteiger partial charge in [0.2, 0.25) is 5.91 Å². The second-order valence-corrected chi connectivity index (χ2v) is 8.39. The number of carbonyl (C=O) groups excluding carboxylic acids is 1. The Hall–Kier alpha value is -2.12. The monoisotopic (exact) mass is 387 g/mol. The predicted molar refractivity (Wildman–Crippen MR) is 108 cm³/mol. The van der Waals surface area contributed by atoms with Crippen molar-refractivity contribution in [2.24, 2.45) is 0 Å². The van der Waals surface area contributed by atoms with Crippen molar-refractivity contribution in [2.75, 3.05) is 38.2 Å². The Labute approximate surface area is 160 Å². The first-order valence-corrected chi connectivity index (χ1v) is 10.3. The summed E-state index contributed by atoms with van der Waals surface area (Å²) in [6, 6.07) is 8.07. The maximum absolute atomic E-state index is 12.5. The third kappa shape index (κ3) is 3.29. The number of fused-ring (bicyclic) bond motifs is 1. The number of piperazine rings is 1. The third-order valence-corrected chi connectivity index (χ3v) is 6.85. The highest BCUT2D eigenvalue weighted by molar-refractivity contribution is 7.22. The quantitative estimate of drug-likeness (QED) is 0.687. The number of carbonyl (C=O) groups is 1. The van der Waals surface area contributed by atoms with Gasteiger partial charge in [-0.25, -0.2) is 4.98 Å². The number of aryl methyl sites for hydroxylation is 1. The van der Waals surface area contributed by atoms with E-state index in [0.717, 1.165) is 47.5 Å². The average Bonchev–Trinajstić information content (AvgIpc) is 3.32. The van der Waals surface area contributed by atoms with Gasteiger partial charge in [0.15, 0.2) is 5.13 Å². The summed E-state index contributed by atoms with van der Waals surface area (Å²) in [5, 5.41) is 3.03. The molecule has 7 heteroatoms. The number of hydrogen-bond acceptors (Lipinski definition) is 6. The van der Waals surface area contributed by atoms with Crippen LogP contribution in [0.1, 0.15) is 10.4 Å². The highest BCUT2D eigenvalue weighted by Gasteiger charge is 2.24. The van der Waals surface area contributed by atoms with Crippen molar-refractivity contribution in [1.82, 2.24) is 9.88 Å². The Balaban J connectivity index is 1.45. The molecule has 1 aliphatic rings. The summed E-state index contributed by atoms with van der Waals surface area (Å²) in [7, 11) is 1.68. The summed E-state index contributed by atoms with van der Waals surface area (Å²) in [5.41, 5.74) is 2.15. The Morgan fingerprint density at radius 3 is 2.73 bits per heavy atom. The van der Waals surface area contributed by atoms with Crippen LogP contribution in [0.5, 0.6) is 5.75 Å². The lowest BCUT2D eigenvalue weighted by Crippen LogP contribution is -2.49. The Bertz CT molecular complexity index is 912. The number of anilines is 1. The zero-order chi connectivity index (χ0) is 18.1. The highest BCUT2D eigenvalue weighted by atomic mass is 32.1. The van der Waals surface area contributed by atoms with Gasteiger partial charge in [-0.05, 0) is 30.0 Å². The molecule has 0 bridgehead atoms. The van der Waals surface area contributed by atoms with E-state index in [2.05, 4.69) is 17.9 Å². The molecule has 1 amide bonds. The Kier molecular flexibility index (Phi) is 4.82. The molecule has 0 radical (unpaired) electrons. The second-order valence-electron chi connectivity index (χ2n) is 6.38. The van der Waals surface area contributed by atoms with Crippen LogP contribution in [0.2, 0.25) is 0 Å². The number of thiophene rings is 1. The first-order valence-electron chi connectivity index (χ1n) is 8.65. The topological polar surface area (TPSA) is 45.7 Å². The van der Waals surface area contributed by atoms with Gasteiger partial charge in [-0.1, -0.05) is 23.5 Å². The van der Waals surface area contributed by atoms with Gasteiger partial charge in [0.1, 0.15) is 11.3 Å². The smallest absolute Gasteiger partial charge is 0.227 e. The van der Waals surface area contributed by atoms with Crippen LogP contribution in [0.25, 0.3) is 10.2 Å². The molecular weight excluding hydrogens is 366 g/mol. The van der Waals surface area contributed by atoms with Gasteiger partial charge in [0.05, 0.1) is 18.2 Å². The molecule has 1 aromatic carbocycles. The van der Waals surface area contributed by atoms with Gasteiger partial charge in [-0.3, -0.25) is 4.79 Å². The summed E-state index contributed by atoms with van der Waals surface area (Å²) in [4.78, 5) is 22.7. The highest BCUT2D eigenvalue weighted by Crippen LogP contribution is 2.36. The van der Waals surface area contributed by atoms with Gasteiger partial charge in [0.25, 0.3) is 0 Å². The lowest BCUT2D eigenvalue weighted by Gasteiger charge is -2.34. The number of benzene rings is 1. The van der Waals surface area contributed by atoms with E-state index in [0.29, 0.717) is 6.42 Å². The molecule has 1 fully saturated rings. The van der Waals surface area contributed by atoms with Crippen LogP contribution in [0, 0.1) is 6.92 Å². The molecule has 26 heavy (non-hydrogen) atoms. The SMILES string of the molecule is COc1ccc(C)c2sc(N3CCN(C(=O)Cc4cccs4)CC3)nc12. The van der Waals surface area contributed by atoms with Gasteiger partial charge in [-0.2, -0.15) is 0 Å². The minimum absolute atomic E-state index is 0.217. The summed E-state index contributed by atoms with van der Waals surface area (Å²) in [5.74, 6) is 1.03. The van der Waals surface area contributed by atoms with Crippen LogP contribution in [0.3, 0.4) is 0 Å². The number of aromatic nitrogens is 1. The molecule has 3 heterocycles. The van der Waals surface area contributed by atoms with Crippen LogP contribution >= 0.6 is 22.7 Å². The molecule has 0 N–H and O–H groups in total. The largest absolute Gasteiger partial charge is 0.494 e. The van der Waals surface area contributed by atoms with E-state index in [1.54, 1.807) is 29.8 Å². The number of thiazole rings is 1. The van der Waals surface area contributed by atoms with Crippen molar-refractivity contribution < 1.29 is 9.53 Å². The number of nitrogens with zero attached hydrogens (tertiary/aromatic N) is 3. The van der Waals surface area contributed by atoms with Crippen molar-refractivity contribution in [1.29, 1.82) is 0 Å². The van der Waals surface area contributed by atoms with E-state index in [9.17, 15) is 4.79 Å². The summed E-state index contributed by atoms with van der Waals surface area (Å²) in [6.07, 6.45) is 0.509.